The van der Waals surface area contributed by atoms with Crippen molar-refractivity contribution >= 4 is 31.6 Å². The lowest BCUT2D eigenvalue weighted by Gasteiger charge is -2.12. The number of aromatic nitrogens is 3. The summed E-state index contributed by atoms with van der Waals surface area (Å²) in [5.41, 5.74) is 2.16. The molecule has 0 radical (unpaired) electrons. The fourth-order valence-electron chi connectivity index (χ4n) is 2.37. The van der Waals surface area contributed by atoms with E-state index in [1.807, 2.05) is 6.07 Å². The molecule has 8 heteroatoms. The molecule has 0 saturated heterocycles. The summed E-state index contributed by atoms with van der Waals surface area (Å²) in [6.45, 7) is 4.10. The molecule has 0 aliphatic rings. The van der Waals surface area contributed by atoms with E-state index in [0.29, 0.717) is 5.69 Å². The molecule has 0 atom stereocenters. The Morgan fingerprint density at radius 2 is 1.84 bits per heavy atom. The summed E-state index contributed by atoms with van der Waals surface area (Å²) < 4.78 is 30.2. The zero-order valence-electron chi connectivity index (χ0n) is 13.7. The van der Waals surface area contributed by atoms with E-state index in [1.165, 1.54) is 0 Å². The van der Waals surface area contributed by atoms with Crippen LogP contribution in [0.5, 0.6) is 0 Å². The molecule has 3 rings (SSSR count). The summed E-state index contributed by atoms with van der Waals surface area (Å²) in [7, 11) is -3.66. The average molecular weight is 421 g/mol. The number of benzene rings is 2. The highest BCUT2D eigenvalue weighted by Crippen LogP contribution is 2.22. The van der Waals surface area contributed by atoms with Gasteiger partial charge < -0.3 is 0 Å². The normalized spacial score (nSPS) is 11.7. The Balaban J connectivity index is 1.92. The lowest BCUT2D eigenvalue weighted by Crippen LogP contribution is -2.13. The predicted molar refractivity (Wildman–Crippen MR) is 100 cm³/mol. The van der Waals surface area contributed by atoms with Crippen molar-refractivity contribution in [1.29, 1.82) is 0 Å². The van der Waals surface area contributed by atoms with Crippen molar-refractivity contribution in [2.75, 3.05) is 4.72 Å². The second-order valence-corrected chi connectivity index (χ2v) is 8.43. The Bertz CT molecular complexity index is 982. The first-order chi connectivity index (χ1) is 11.9. The highest BCUT2D eigenvalue weighted by molar-refractivity contribution is 9.10. The van der Waals surface area contributed by atoms with Gasteiger partial charge in [-0.15, -0.1) is 5.10 Å². The summed E-state index contributed by atoms with van der Waals surface area (Å²) in [5.74, 6) is 0.248. The van der Waals surface area contributed by atoms with E-state index < -0.39 is 10.0 Å². The van der Waals surface area contributed by atoms with Gasteiger partial charge in [-0.05, 0) is 48.4 Å². The molecule has 2 aromatic carbocycles. The van der Waals surface area contributed by atoms with Crippen molar-refractivity contribution in [1.82, 2.24) is 15.0 Å². The van der Waals surface area contributed by atoms with Gasteiger partial charge in [0, 0.05) is 4.47 Å². The van der Waals surface area contributed by atoms with Crippen molar-refractivity contribution < 1.29 is 8.42 Å². The minimum absolute atomic E-state index is 0.199. The number of nitrogens with zero attached hydrogens (tertiary/aromatic N) is 3. The maximum Gasteiger partial charge on any atom is 0.261 e. The number of sulfonamides is 1. The van der Waals surface area contributed by atoms with Crippen LogP contribution in [-0.4, -0.2) is 23.4 Å². The fourth-order valence-corrected chi connectivity index (χ4v) is 3.68. The van der Waals surface area contributed by atoms with Gasteiger partial charge in [0.15, 0.2) is 0 Å². The van der Waals surface area contributed by atoms with Crippen LogP contribution in [0.4, 0.5) is 5.69 Å². The van der Waals surface area contributed by atoms with Crippen LogP contribution in [0, 0.1) is 0 Å². The molecule has 130 valence electrons. The molecule has 0 saturated carbocycles. The third-order valence-electron chi connectivity index (χ3n) is 3.63. The Labute approximate surface area is 155 Å². The zero-order chi connectivity index (χ0) is 18.0. The maximum atomic E-state index is 12.5. The minimum Gasteiger partial charge on any atom is -0.280 e. The molecule has 0 amide bonds. The standard InChI is InChI=1S/C17H17BrN4O2S/c1-12(2)17-11-19-21-22(17)15-5-3-4-14(10-15)20-25(23,24)16-8-6-13(18)7-9-16/h3-12,20H,1-2H3. The molecule has 3 aromatic rings. The van der Waals surface area contributed by atoms with Crippen molar-refractivity contribution in [3.8, 4) is 5.69 Å². The number of nitrogens with one attached hydrogen (secondary N) is 1. The Morgan fingerprint density at radius 1 is 1.12 bits per heavy atom. The van der Waals surface area contributed by atoms with Crippen molar-refractivity contribution in [2.24, 2.45) is 0 Å². The summed E-state index contributed by atoms with van der Waals surface area (Å²) in [6.07, 6.45) is 1.71. The molecule has 25 heavy (non-hydrogen) atoms. The molecule has 0 bridgehead atoms. The third-order valence-corrected chi connectivity index (χ3v) is 5.56. The number of hydrogen-bond donors (Lipinski definition) is 1. The van der Waals surface area contributed by atoms with Crippen LogP contribution < -0.4 is 4.72 Å². The van der Waals surface area contributed by atoms with E-state index in [4.69, 9.17) is 0 Å². The smallest absolute Gasteiger partial charge is 0.261 e. The van der Waals surface area contributed by atoms with Crippen LogP contribution in [0.3, 0.4) is 0 Å². The molecule has 1 aromatic heterocycles. The number of halogens is 1. The van der Waals surface area contributed by atoms with Crippen LogP contribution in [-0.2, 0) is 10.0 Å². The minimum atomic E-state index is -3.66. The molecule has 0 aliphatic carbocycles. The summed E-state index contributed by atoms with van der Waals surface area (Å²) in [6, 6.07) is 13.5. The van der Waals surface area contributed by atoms with E-state index in [-0.39, 0.29) is 10.8 Å². The van der Waals surface area contributed by atoms with Gasteiger partial charge in [0.25, 0.3) is 10.0 Å². The highest BCUT2D eigenvalue weighted by atomic mass is 79.9. The Morgan fingerprint density at radius 3 is 2.52 bits per heavy atom. The van der Waals surface area contributed by atoms with Gasteiger partial charge in [-0.2, -0.15) is 0 Å². The number of anilines is 1. The molecule has 6 nitrogen and oxygen atoms in total. The van der Waals surface area contributed by atoms with E-state index in [2.05, 4.69) is 44.8 Å². The summed E-state index contributed by atoms with van der Waals surface area (Å²) in [5, 5.41) is 8.05. The molecule has 0 aliphatic heterocycles. The van der Waals surface area contributed by atoms with Crippen LogP contribution in [0.15, 0.2) is 64.1 Å². The molecule has 1 N–H and O–H groups in total. The van der Waals surface area contributed by atoms with E-state index >= 15 is 0 Å². The van der Waals surface area contributed by atoms with Gasteiger partial charge in [-0.1, -0.05) is 41.1 Å². The molecule has 0 unspecified atom stereocenters. The van der Waals surface area contributed by atoms with Gasteiger partial charge in [0.1, 0.15) is 0 Å². The first-order valence-electron chi connectivity index (χ1n) is 7.66. The second kappa shape index (κ2) is 6.97. The van der Waals surface area contributed by atoms with Crippen molar-refractivity contribution in [3.63, 3.8) is 0 Å². The Hall–Kier alpha value is -2.19. The largest absolute Gasteiger partial charge is 0.280 e. The SMILES string of the molecule is CC(C)c1cnnn1-c1cccc(NS(=O)(=O)c2ccc(Br)cc2)c1. The summed E-state index contributed by atoms with van der Waals surface area (Å²) >= 11 is 3.30. The third kappa shape index (κ3) is 3.91. The Kier molecular flexibility index (Phi) is 4.91. The average Bonchev–Trinajstić information content (AvgIpc) is 3.05. The fraction of sp³-hybridized carbons (Fsp3) is 0.176. The van der Waals surface area contributed by atoms with Crippen LogP contribution >= 0.6 is 15.9 Å². The van der Waals surface area contributed by atoms with Crippen LogP contribution in [0.2, 0.25) is 0 Å². The monoisotopic (exact) mass is 420 g/mol. The molecular formula is C17H17BrN4O2S. The van der Waals surface area contributed by atoms with E-state index in [9.17, 15) is 8.42 Å². The maximum absolute atomic E-state index is 12.5. The van der Waals surface area contributed by atoms with Gasteiger partial charge >= 0.3 is 0 Å². The molecular weight excluding hydrogens is 404 g/mol. The van der Waals surface area contributed by atoms with Gasteiger partial charge in [0.2, 0.25) is 0 Å². The van der Waals surface area contributed by atoms with E-state index in [0.717, 1.165) is 15.9 Å². The molecule has 0 fully saturated rings. The van der Waals surface area contributed by atoms with Crippen LogP contribution in [0.1, 0.15) is 25.5 Å². The number of rotatable bonds is 5. The van der Waals surface area contributed by atoms with E-state index in [1.54, 1.807) is 53.3 Å². The first kappa shape index (κ1) is 17.6. The summed E-state index contributed by atoms with van der Waals surface area (Å²) in [4.78, 5) is 0.199. The lowest BCUT2D eigenvalue weighted by molar-refractivity contribution is 0.601. The van der Waals surface area contributed by atoms with Crippen molar-refractivity contribution in [3.05, 3.63) is 64.9 Å². The first-order valence-corrected chi connectivity index (χ1v) is 9.94. The highest BCUT2D eigenvalue weighted by Gasteiger charge is 2.15. The zero-order valence-corrected chi connectivity index (χ0v) is 16.1. The second-order valence-electron chi connectivity index (χ2n) is 5.84. The van der Waals surface area contributed by atoms with Gasteiger partial charge in [-0.3, -0.25) is 4.72 Å². The quantitative estimate of drug-likeness (QED) is 0.677. The van der Waals surface area contributed by atoms with Gasteiger partial charge in [-0.25, -0.2) is 13.1 Å². The van der Waals surface area contributed by atoms with Crippen molar-refractivity contribution in [2.45, 2.75) is 24.7 Å². The van der Waals surface area contributed by atoms with Crippen LogP contribution in [0.25, 0.3) is 5.69 Å². The molecule has 1 heterocycles. The molecule has 0 spiro atoms. The number of hydrogen-bond acceptors (Lipinski definition) is 4. The lowest BCUT2D eigenvalue weighted by atomic mass is 10.1. The van der Waals surface area contributed by atoms with Gasteiger partial charge in [0.05, 0.1) is 28.2 Å². The topological polar surface area (TPSA) is 76.9 Å². The predicted octanol–water partition coefficient (Wildman–Crippen LogP) is 3.95.